The van der Waals surface area contributed by atoms with Gasteiger partial charge in [0.1, 0.15) is 5.82 Å². The van der Waals surface area contributed by atoms with Crippen LogP contribution in [-0.2, 0) is 4.79 Å². The van der Waals surface area contributed by atoms with Gasteiger partial charge in [-0.1, -0.05) is 23.9 Å². The summed E-state index contributed by atoms with van der Waals surface area (Å²) in [5.74, 6) is -0.0453. The van der Waals surface area contributed by atoms with Crippen LogP contribution in [0.25, 0.3) is 0 Å². The summed E-state index contributed by atoms with van der Waals surface area (Å²) in [4.78, 5) is 29.6. The van der Waals surface area contributed by atoms with Crippen LogP contribution < -0.4 is 22.3 Å². The van der Waals surface area contributed by atoms with Crippen LogP contribution >= 0.6 is 11.8 Å². The fourth-order valence-corrected chi connectivity index (χ4v) is 2.37. The number of para-hydroxylation sites is 1. The maximum Gasteiger partial charge on any atom is 0.253 e. The average Bonchev–Trinajstić information content (AvgIpc) is 2.40. The van der Waals surface area contributed by atoms with Crippen molar-refractivity contribution in [3.05, 3.63) is 40.2 Å². The number of hydrogen-bond acceptors (Lipinski definition) is 6. The van der Waals surface area contributed by atoms with Gasteiger partial charge >= 0.3 is 0 Å². The molecule has 8 heteroatoms. The van der Waals surface area contributed by atoms with Crippen LogP contribution in [0.15, 0.2) is 34.2 Å². The number of rotatable bonds is 4. The largest absolute Gasteiger partial charge is 0.397 e. The molecule has 0 radical (unpaired) electrons. The van der Waals surface area contributed by atoms with Crippen molar-refractivity contribution in [3.63, 3.8) is 0 Å². The van der Waals surface area contributed by atoms with E-state index in [1.54, 1.807) is 6.07 Å². The minimum atomic E-state index is -0.353. The van der Waals surface area contributed by atoms with Crippen molar-refractivity contribution >= 4 is 34.9 Å². The summed E-state index contributed by atoms with van der Waals surface area (Å²) >= 11 is 1.09. The van der Waals surface area contributed by atoms with E-state index in [4.69, 9.17) is 11.5 Å². The number of H-pyrrole nitrogens is 1. The van der Waals surface area contributed by atoms with Gasteiger partial charge in [0.25, 0.3) is 5.56 Å². The molecule has 6 N–H and O–H groups in total. The van der Waals surface area contributed by atoms with Gasteiger partial charge in [0, 0.05) is 6.07 Å². The van der Waals surface area contributed by atoms with Crippen LogP contribution in [0.1, 0.15) is 5.56 Å². The number of amides is 1. The molecule has 0 spiro atoms. The van der Waals surface area contributed by atoms with Crippen LogP contribution in [0.2, 0.25) is 0 Å². The average molecular weight is 305 g/mol. The molecular weight excluding hydrogens is 290 g/mol. The number of nitrogens with zero attached hydrogens (tertiary/aromatic N) is 1. The van der Waals surface area contributed by atoms with Gasteiger partial charge in [0.05, 0.1) is 17.1 Å². The van der Waals surface area contributed by atoms with E-state index in [0.717, 1.165) is 17.3 Å². The summed E-state index contributed by atoms with van der Waals surface area (Å²) in [6.45, 7) is 1.86. The van der Waals surface area contributed by atoms with Crippen LogP contribution in [0.3, 0.4) is 0 Å². The van der Waals surface area contributed by atoms with Gasteiger partial charge < -0.3 is 21.8 Å². The first kappa shape index (κ1) is 14.9. The van der Waals surface area contributed by atoms with Gasteiger partial charge in [0.2, 0.25) is 5.91 Å². The Labute approximate surface area is 125 Å². The first-order chi connectivity index (χ1) is 9.95. The zero-order valence-electron chi connectivity index (χ0n) is 11.3. The molecule has 21 heavy (non-hydrogen) atoms. The van der Waals surface area contributed by atoms with Crippen LogP contribution in [-0.4, -0.2) is 21.6 Å². The normalized spacial score (nSPS) is 10.3. The molecule has 0 saturated carbocycles. The summed E-state index contributed by atoms with van der Waals surface area (Å²) in [6.07, 6.45) is 0. The summed E-state index contributed by atoms with van der Waals surface area (Å²) in [6, 6.07) is 6.57. The highest BCUT2D eigenvalue weighted by atomic mass is 32.2. The lowest BCUT2D eigenvalue weighted by Crippen LogP contribution is -2.17. The van der Waals surface area contributed by atoms with Gasteiger partial charge in [-0.3, -0.25) is 9.59 Å². The number of aryl methyl sites for hydroxylation is 1. The Kier molecular flexibility index (Phi) is 4.49. The number of anilines is 3. The SMILES string of the molecule is Cc1cccc(N)c1NC(=O)CSc1nc(N)cc(=O)[nH]1. The molecule has 1 aromatic heterocycles. The van der Waals surface area contributed by atoms with E-state index in [0.29, 0.717) is 16.5 Å². The quantitative estimate of drug-likeness (QED) is 0.379. The summed E-state index contributed by atoms with van der Waals surface area (Å²) in [5.41, 5.74) is 12.9. The maximum absolute atomic E-state index is 11.9. The number of nitrogens with one attached hydrogen (secondary N) is 2. The molecule has 1 aromatic carbocycles. The Morgan fingerprint density at radius 1 is 1.43 bits per heavy atom. The van der Waals surface area contributed by atoms with Gasteiger partial charge in [-0.05, 0) is 18.6 Å². The lowest BCUT2D eigenvalue weighted by Gasteiger charge is -2.10. The standard InChI is InChI=1S/C13H15N5O2S/c1-7-3-2-4-8(14)12(7)17-11(20)6-21-13-16-9(15)5-10(19)18-13/h2-5H,6,14H2,1H3,(H,17,20)(H3,15,16,18,19). The van der Waals surface area contributed by atoms with Crippen molar-refractivity contribution in [2.45, 2.75) is 12.1 Å². The molecular formula is C13H15N5O2S. The molecule has 1 amide bonds. The van der Waals surface area contributed by atoms with E-state index < -0.39 is 0 Å². The predicted molar refractivity (Wildman–Crippen MR) is 84.2 cm³/mol. The van der Waals surface area contributed by atoms with Crippen molar-refractivity contribution in [1.29, 1.82) is 0 Å². The highest BCUT2D eigenvalue weighted by molar-refractivity contribution is 7.99. The highest BCUT2D eigenvalue weighted by Crippen LogP contribution is 2.23. The zero-order chi connectivity index (χ0) is 15.4. The van der Waals surface area contributed by atoms with Gasteiger partial charge in [-0.2, -0.15) is 0 Å². The summed E-state index contributed by atoms with van der Waals surface area (Å²) < 4.78 is 0. The predicted octanol–water partition coefficient (Wildman–Crippen LogP) is 0.974. The van der Waals surface area contributed by atoms with E-state index in [1.165, 1.54) is 6.07 Å². The molecule has 2 aromatic rings. The number of carbonyl (C=O) groups is 1. The van der Waals surface area contributed by atoms with Crippen LogP contribution in [0.5, 0.6) is 0 Å². The number of nitrogens with two attached hydrogens (primary N) is 2. The molecule has 1 heterocycles. The van der Waals surface area contributed by atoms with Gasteiger partial charge in [-0.25, -0.2) is 4.98 Å². The zero-order valence-corrected chi connectivity index (χ0v) is 12.2. The molecule has 0 fully saturated rings. The smallest absolute Gasteiger partial charge is 0.253 e. The summed E-state index contributed by atoms with van der Waals surface area (Å²) in [5, 5.41) is 3.04. The van der Waals surface area contributed by atoms with Crippen molar-refractivity contribution in [2.24, 2.45) is 0 Å². The minimum absolute atomic E-state index is 0.0835. The maximum atomic E-state index is 11.9. The minimum Gasteiger partial charge on any atom is -0.397 e. The highest BCUT2D eigenvalue weighted by Gasteiger charge is 2.09. The fourth-order valence-electron chi connectivity index (χ4n) is 1.69. The number of nitrogen functional groups attached to an aromatic ring is 2. The number of hydrogen-bond donors (Lipinski definition) is 4. The molecule has 0 aliphatic rings. The summed E-state index contributed by atoms with van der Waals surface area (Å²) in [7, 11) is 0. The molecule has 0 unspecified atom stereocenters. The van der Waals surface area contributed by atoms with Crippen LogP contribution in [0.4, 0.5) is 17.2 Å². The number of aromatic nitrogens is 2. The molecule has 0 aliphatic carbocycles. The molecule has 0 atom stereocenters. The fraction of sp³-hybridized carbons (Fsp3) is 0.154. The van der Waals surface area contributed by atoms with E-state index in [9.17, 15) is 9.59 Å². The molecule has 0 bridgehead atoms. The Morgan fingerprint density at radius 2 is 2.19 bits per heavy atom. The number of aromatic amines is 1. The topological polar surface area (TPSA) is 127 Å². The Morgan fingerprint density at radius 3 is 2.86 bits per heavy atom. The second kappa shape index (κ2) is 6.31. The number of carbonyl (C=O) groups excluding carboxylic acids is 1. The second-order valence-corrected chi connectivity index (χ2v) is 5.32. The molecule has 0 saturated heterocycles. The van der Waals surface area contributed by atoms with E-state index in [1.807, 2.05) is 19.1 Å². The van der Waals surface area contributed by atoms with E-state index in [2.05, 4.69) is 15.3 Å². The van der Waals surface area contributed by atoms with Crippen molar-refractivity contribution in [3.8, 4) is 0 Å². The van der Waals surface area contributed by atoms with Crippen molar-refractivity contribution < 1.29 is 4.79 Å². The lowest BCUT2D eigenvalue weighted by atomic mass is 10.1. The third kappa shape index (κ3) is 3.99. The van der Waals surface area contributed by atoms with Crippen molar-refractivity contribution in [1.82, 2.24) is 9.97 Å². The Hall–Kier alpha value is -2.48. The Bertz CT molecular complexity index is 708. The third-order valence-electron chi connectivity index (χ3n) is 2.65. The number of benzene rings is 1. The first-order valence-electron chi connectivity index (χ1n) is 6.10. The van der Waals surface area contributed by atoms with Gasteiger partial charge in [-0.15, -0.1) is 0 Å². The van der Waals surface area contributed by atoms with Crippen LogP contribution in [0, 0.1) is 6.92 Å². The van der Waals surface area contributed by atoms with Crippen molar-refractivity contribution in [2.75, 3.05) is 22.5 Å². The van der Waals surface area contributed by atoms with E-state index >= 15 is 0 Å². The lowest BCUT2D eigenvalue weighted by molar-refractivity contribution is -0.113. The Balaban J connectivity index is 2.01. The molecule has 7 nitrogen and oxygen atoms in total. The monoisotopic (exact) mass is 305 g/mol. The third-order valence-corrected chi connectivity index (χ3v) is 3.52. The van der Waals surface area contributed by atoms with E-state index in [-0.39, 0.29) is 23.0 Å². The molecule has 0 aliphatic heterocycles. The molecule has 110 valence electrons. The first-order valence-corrected chi connectivity index (χ1v) is 7.09. The van der Waals surface area contributed by atoms with Gasteiger partial charge in [0.15, 0.2) is 5.16 Å². The number of thioether (sulfide) groups is 1. The molecule has 2 rings (SSSR count). The second-order valence-electron chi connectivity index (χ2n) is 4.35.